The standard InChI is InChI=1S/C10H11N4/c1-14(2)9-7(6-13-14)5-12-10-8(9)3-4-11-10/h3-6H,1-2H3,(H,11,12)/q+1. The number of nitrogens with one attached hydrogen (secondary N) is 1. The van der Waals surface area contributed by atoms with Gasteiger partial charge in [-0.05, 0) is 6.07 Å². The molecule has 0 unspecified atom stereocenters. The molecule has 4 heteroatoms. The van der Waals surface area contributed by atoms with Crippen LogP contribution >= 0.6 is 0 Å². The number of aromatic nitrogens is 2. The van der Waals surface area contributed by atoms with Gasteiger partial charge in [0.15, 0.2) is 5.69 Å². The van der Waals surface area contributed by atoms with Gasteiger partial charge in [0, 0.05) is 12.4 Å². The second-order valence-electron chi connectivity index (χ2n) is 3.94. The van der Waals surface area contributed by atoms with E-state index in [2.05, 4.69) is 35.2 Å². The van der Waals surface area contributed by atoms with Gasteiger partial charge in [-0.2, -0.15) is 4.59 Å². The molecule has 0 radical (unpaired) electrons. The average Bonchev–Trinajstić information content (AvgIpc) is 2.69. The maximum atomic E-state index is 4.42. The average molecular weight is 187 g/mol. The van der Waals surface area contributed by atoms with Gasteiger partial charge in [0.25, 0.3) is 0 Å². The number of hydrogen-bond donors (Lipinski definition) is 1. The third-order valence-corrected chi connectivity index (χ3v) is 2.62. The maximum Gasteiger partial charge on any atom is 0.180 e. The minimum atomic E-state index is 0.548. The van der Waals surface area contributed by atoms with Gasteiger partial charge in [-0.25, -0.2) is 4.98 Å². The van der Waals surface area contributed by atoms with E-state index in [0.29, 0.717) is 4.59 Å². The van der Waals surface area contributed by atoms with Gasteiger partial charge in [0.05, 0.1) is 31.3 Å². The Bertz CT molecular complexity index is 536. The zero-order chi connectivity index (χ0) is 9.76. The molecule has 0 aromatic carbocycles. The summed E-state index contributed by atoms with van der Waals surface area (Å²) < 4.78 is 0.548. The van der Waals surface area contributed by atoms with Crippen LogP contribution in [-0.4, -0.2) is 30.3 Å². The Labute approximate surface area is 81.5 Å². The van der Waals surface area contributed by atoms with Crippen molar-refractivity contribution in [1.29, 1.82) is 0 Å². The first-order valence-corrected chi connectivity index (χ1v) is 4.55. The van der Waals surface area contributed by atoms with Crippen LogP contribution in [0.15, 0.2) is 23.6 Å². The van der Waals surface area contributed by atoms with Gasteiger partial charge in [-0.15, -0.1) is 0 Å². The number of hydrogen-bond acceptors (Lipinski definition) is 2. The summed E-state index contributed by atoms with van der Waals surface area (Å²) >= 11 is 0. The van der Waals surface area contributed by atoms with Crippen molar-refractivity contribution in [3.8, 4) is 0 Å². The molecule has 1 aliphatic rings. The molecule has 0 bridgehead atoms. The zero-order valence-corrected chi connectivity index (χ0v) is 8.15. The summed E-state index contributed by atoms with van der Waals surface area (Å²) in [6, 6.07) is 2.05. The van der Waals surface area contributed by atoms with E-state index in [4.69, 9.17) is 0 Å². The lowest BCUT2D eigenvalue weighted by Gasteiger charge is -2.18. The predicted octanol–water partition coefficient (Wildman–Crippen LogP) is 1.48. The first-order valence-electron chi connectivity index (χ1n) is 4.55. The number of nitrogens with zero attached hydrogens (tertiary/aromatic N) is 3. The third-order valence-electron chi connectivity index (χ3n) is 2.62. The Balaban J connectivity index is 2.47. The second kappa shape index (κ2) is 2.22. The zero-order valence-electron chi connectivity index (χ0n) is 8.15. The highest BCUT2D eigenvalue weighted by molar-refractivity contribution is 6.02. The van der Waals surface area contributed by atoms with Gasteiger partial charge < -0.3 is 4.98 Å². The molecule has 3 heterocycles. The smallest absolute Gasteiger partial charge is 0.180 e. The van der Waals surface area contributed by atoms with E-state index in [1.165, 1.54) is 5.69 Å². The number of quaternary nitrogens is 1. The molecule has 0 saturated carbocycles. The Hall–Kier alpha value is -1.68. The van der Waals surface area contributed by atoms with Crippen LogP contribution < -0.4 is 4.59 Å². The van der Waals surface area contributed by atoms with E-state index in [1.54, 1.807) is 0 Å². The third kappa shape index (κ3) is 0.807. The Kier molecular flexibility index (Phi) is 1.22. The van der Waals surface area contributed by atoms with Crippen LogP contribution in [0.4, 0.5) is 5.69 Å². The highest BCUT2D eigenvalue weighted by Crippen LogP contribution is 2.34. The minimum absolute atomic E-state index is 0.548. The maximum absolute atomic E-state index is 4.42. The molecule has 0 amide bonds. The monoisotopic (exact) mass is 187 g/mol. The van der Waals surface area contributed by atoms with E-state index in [-0.39, 0.29) is 0 Å². The van der Waals surface area contributed by atoms with Crippen LogP contribution in [0.1, 0.15) is 5.56 Å². The van der Waals surface area contributed by atoms with E-state index < -0.39 is 0 Å². The van der Waals surface area contributed by atoms with E-state index in [0.717, 1.165) is 16.6 Å². The molecule has 0 aliphatic carbocycles. The van der Waals surface area contributed by atoms with Gasteiger partial charge in [-0.3, -0.25) is 0 Å². The van der Waals surface area contributed by atoms with Crippen molar-refractivity contribution >= 4 is 22.9 Å². The van der Waals surface area contributed by atoms with E-state index in [1.807, 2.05) is 18.6 Å². The normalized spacial score (nSPS) is 17.6. The van der Waals surface area contributed by atoms with Crippen LogP contribution in [0.3, 0.4) is 0 Å². The summed E-state index contributed by atoms with van der Waals surface area (Å²) in [6.45, 7) is 0. The molecule has 0 spiro atoms. The number of fused-ring (bicyclic) bond motifs is 3. The molecule has 4 nitrogen and oxygen atoms in total. The molecule has 2 aromatic heterocycles. The van der Waals surface area contributed by atoms with Crippen LogP contribution in [0, 0.1) is 0 Å². The number of aromatic amines is 1. The molecule has 0 fully saturated rings. The fraction of sp³-hybridized carbons (Fsp3) is 0.200. The summed E-state index contributed by atoms with van der Waals surface area (Å²) in [5.74, 6) is 0. The number of rotatable bonds is 0. The predicted molar refractivity (Wildman–Crippen MR) is 57.3 cm³/mol. The van der Waals surface area contributed by atoms with E-state index in [9.17, 15) is 0 Å². The molecular formula is C10H11N4+. The molecular weight excluding hydrogens is 176 g/mol. The van der Waals surface area contributed by atoms with Gasteiger partial charge in [0.2, 0.25) is 0 Å². The second-order valence-corrected chi connectivity index (χ2v) is 3.94. The van der Waals surface area contributed by atoms with Crippen molar-refractivity contribution in [2.75, 3.05) is 14.1 Å². The van der Waals surface area contributed by atoms with Crippen LogP contribution in [-0.2, 0) is 0 Å². The lowest BCUT2D eigenvalue weighted by Crippen LogP contribution is -2.31. The fourth-order valence-corrected chi connectivity index (χ4v) is 1.98. The summed E-state index contributed by atoms with van der Waals surface area (Å²) in [5, 5.41) is 5.58. The summed E-state index contributed by atoms with van der Waals surface area (Å²) in [7, 11) is 4.13. The molecule has 0 atom stereocenters. The summed E-state index contributed by atoms with van der Waals surface area (Å²) in [6.07, 6.45) is 5.66. The van der Waals surface area contributed by atoms with Gasteiger partial charge in [-0.1, -0.05) is 5.10 Å². The van der Waals surface area contributed by atoms with E-state index >= 15 is 0 Å². The van der Waals surface area contributed by atoms with Crippen molar-refractivity contribution in [2.24, 2.45) is 5.10 Å². The molecule has 1 N–H and O–H groups in total. The molecule has 70 valence electrons. The van der Waals surface area contributed by atoms with Crippen molar-refractivity contribution in [3.63, 3.8) is 0 Å². The number of pyridine rings is 1. The molecule has 14 heavy (non-hydrogen) atoms. The summed E-state index contributed by atoms with van der Waals surface area (Å²) in [4.78, 5) is 7.43. The number of H-pyrrole nitrogens is 1. The largest absolute Gasteiger partial charge is 0.346 e. The Morgan fingerprint density at radius 2 is 2.21 bits per heavy atom. The fourth-order valence-electron chi connectivity index (χ4n) is 1.98. The van der Waals surface area contributed by atoms with Gasteiger partial charge in [0.1, 0.15) is 5.65 Å². The highest BCUT2D eigenvalue weighted by atomic mass is 15.6. The topological polar surface area (TPSA) is 41.0 Å². The lowest BCUT2D eigenvalue weighted by atomic mass is 10.2. The van der Waals surface area contributed by atoms with Crippen LogP contribution in [0.2, 0.25) is 0 Å². The Morgan fingerprint density at radius 3 is 3.07 bits per heavy atom. The van der Waals surface area contributed by atoms with Crippen LogP contribution in [0.5, 0.6) is 0 Å². The quantitative estimate of drug-likeness (QED) is 0.623. The van der Waals surface area contributed by atoms with Crippen molar-refractivity contribution < 1.29 is 0 Å². The van der Waals surface area contributed by atoms with Crippen molar-refractivity contribution in [1.82, 2.24) is 14.6 Å². The Morgan fingerprint density at radius 1 is 1.36 bits per heavy atom. The molecule has 3 rings (SSSR count). The lowest BCUT2D eigenvalue weighted by molar-refractivity contribution is 0.439. The first kappa shape index (κ1) is 7.70. The SMILES string of the molecule is C[N+]1(C)N=Cc2cnc3[nH]ccc3c21. The first-order chi connectivity index (χ1) is 6.68. The summed E-state index contributed by atoms with van der Waals surface area (Å²) in [5.41, 5.74) is 3.26. The minimum Gasteiger partial charge on any atom is -0.346 e. The van der Waals surface area contributed by atoms with Crippen molar-refractivity contribution in [2.45, 2.75) is 0 Å². The molecule has 0 saturated heterocycles. The van der Waals surface area contributed by atoms with Crippen molar-refractivity contribution in [3.05, 3.63) is 24.0 Å². The molecule has 1 aliphatic heterocycles. The van der Waals surface area contributed by atoms with Crippen LogP contribution in [0.25, 0.3) is 11.0 Å². The van der Waals surface area contributed by atoms with Gasteiger partial charge >= 0.3 is 0 Å². The molecule has 2 aromatic rings. The highest BCUT2D eigenvalue weighted by Gasteiger charge is 2.30.